The molecule has 36 heavy (non-hydrogen) atoms. The van der Waals surface area contributed by atoms with E-state index in [1.54, 1.807) is 12.4 Å². The van der Waals surface area contributed by atoms with Crippen LogP contribution in [0.15, 0.2) is 67.1 Å². The van der Waals surface area contributed by atoms with Crippen LogP contribution in [0.1, 0.15) is 50.3 Å². The normalized spacial score (nSPS) is 17.8. The maximum atomic E-state index is 6.62. The summed E-state index contributed by atoms with van der Waals surface area (Å²) in [5, 5.41) is 8.98. The van der Waals surface area contributed by atoms with E-state index < -0.39 is 0 Å². The molecule has 0 spiro atoms. The maximum absolute atomic E-state index is 6.62. The zero-order valence-electron chi connectivity index (χ0n) is 21.2. The van der Waals surface area contributed by atoms with Crippen LogP contribution in [-0.4, -0.2) is 45.8 Å². The Bertz CT molecular complexity index is 1360. The molecule has 0 saturated carbocycles. The van der Waals surface area contributed by atoms with Gasteiger partial charge in [0.15, 0.2) is 0 Å². The van der Waals surface area contributed by atoms with Gasteiger partial charge in [0.2, 0.25) is 0 Å². The fraction of sp³-hybridized carbons (Fsp3) is 0.333. The molecule has 2 aromatic carbocycles. The largest absolute Gasteiger partial charge is 0.492 e. The summed E-state index contributed by atoms with van der Waals surface area (Å²) in [6.07, 6.45) is 7.48. The van der Waals surface area contributed by atoms with Crippen LogP contribution in [0.5, 0.6) is 5.75 Å². The van der Waals surface area contributed by atoms with Gasteiger partial charge in [-0.2, -0.15) is 5.10 Å². The summed E-state index contributed by atoms with van der Waals surface area (Å²) in [4.78, 5) is 6.72. The third-order valence-electron chi connectivity index (χ3n) is 7.19. The number of fused-ring (bicyclic) bond motifs is 1. The van der Waals surface area contributed by atoms with E-state index in [1.807, 2.05) is 12.3 Å². The summed E-state index contributed by atoms with van der Waals surface area (Å²) in [6, 6.07) is 17.3. The highest BCUT2D eigenvalue weighted by Crippen LogP contribution is 2.38. The first-order chi connectivity index (χ1) is 17.5. The molecule has 186 valence electrons. The van der Waals surface area contributed by atoms with Crippen molar-refractivity contribution in [3.05, 3.63) is 88.8 Å². The zero-order valence-corrected chi connectivity index (χ0v) is 21.9. The second kappa shape index (κ2) is 10.9. The van der Waals surface area contributed by atoms with Crippen molar-refractivity contribution in [2.24, 2.45) is 5.92 Å². The number of hydrogen-bond acceptors (Lipinski definition) is 4. The highest BCUT2D eigenvalue weighted by Gasteiger charge is 2.23. The Morgan fingerprint density at radius 1 is 1.14 bits per heavy atom. The first kappa shape index (κ1) is 24.5. The topological polar surface area (TPSA) is 54.0 Å². The van der Waals surface area contributed by atoms with Gasteiger partial charge < -0.3 is 4.74 Å². The Morgan fingerprint density at radius 2 is 1.94 bits per heavy atom. The standard InChI is InChI=1S/C30H33ClN4O/c1-4-26(27-11-13-32-17-28(27)31)30(23-7-10-29-24(15-23)16-33-34-29)22-5-8-25(9-6-22)36-19-21(3)35-14-12-20(2)18-35/h5-11,13,15-17,20-21H,4,12,14,18-19H2,1-3H3,(H,33,34). The first-order valence-corrected chi connectivity index (χ1v) is 13.1. The molecule has 1 saturated heterocycles. The quantitative estimate of drug-likeness (QED) is 0.280. The first-order valence-electron chi connectivity index (χ1n) is 12.8. The predicted octanol–water partition coefficient (Wildman–Crippen LogP) is 7.09. The average Bonchev–Trinajstić information content (AvgIpc) is 3.55. The van der Waals surface area contributed by atoms with Gasteiger partial charge in [-0.05, 0) is 90.4 Å². The molecule has 4 aromatic rings. The van der Waals surface area contributed by atoms with Crippen molar-refractivity contribution in [1.82, 2.24) is 20.1 Å². The van der Waals surface area contributed by atoms with E-state index in [1.165, 1.54) is 12.0 Å². The molecule has 1 aliphatic heterocycles. The molecule has 1 fully saturated rings. The van der Waals surface area contributed by atoms with Gasteiger partial charge in [-0.15, -0.1) is 0 Å². The van der Waals surface area contributed by atoms with E-state index in [2.05, 4.69) is 83.3 Å². The van der Waals surface area contributed by atoms with Crippen LogP contribution in [0.2, 0.25) is 5.02 Å². The maximum Gasteiger partial charge on any atom is 0.119 e. The van der Waals surface area contributed by atoms with Crippen LogP contribution < -0.4 is 4.74 Å². The van der Waals surface area contributed by atoms with Crippen molar-refractivity contribution in [2.75, 3.05) is 19.7 Å². The zero-order chi connectivity index (χ0) is 25.1. The lowest BCUT2D eigenvalue weighted by Gasteiger charge is -2.24. The van der Waals surface area contributed by atoms with Gasteiger partial charge in [-0.25, -0.2) is 0 Å². The van der Waals surface area contributed by atoms with Crippen LogP contribution in [0.25, 0.3) is 22.0 Å². The number of hydrogen-bond donors (Lipinski definition) is 1. The van der Waals surface area contributed by atoms with Gasteiger partial charge in [-0.1, -0.05) is 43.6 Å². The Morgan fingerprint density at radius 3 is 2.67 bits per heavy atom. The number of pyridine rings is 1. The fourth-order valence-electron chi connectivity index (χ4n) is 5.14. The van der Waals surface area contributed by atoms with Gasteiger partial charge in [0, 0.05) is 30.4 Å². The number of allylic oxidation sites excluding steroid dienone is 1. The van der Waals surface area contributed by atoms with Crippen molar-refractivity contribution in [2.45, 2.75) is 39.7 Å². The third-order valence-corrected chi connectivity index (χ3v) is 7.50. The molecule has 2 atom stereocenters. The van der Waals surface area contributed by atoms with Gasteiger partial charge in [0.25, 0.3) is 0 Å². The molecule has 2 aromatic heterocycles. The molecule has 5 nitrogen and oxygen atoms in total. The van der Waals surface area contributed by atoms with Crippen molar-refractivity contribution in [1.29, 1.82) is 0 Å². The number of nitrogens with zero attached hydrogens (tertiary/aromatic N) is 3. The number of aromatic nitrogens is 3. The molecule has 6 heteroatoms. The minimum Gasteiger partial charge on any atom is -0.492 e. The summed E-state index contributed by atoms with van der Waals surface area (Å²) in [5.74, 6) is 1.67. The number of rotatable bonds is 8. The Labute approximate surface area is 218 Å². The number of halogens is 1. The summed E-state index contributed by atoms with van der Waals surface area (Å²) in [5.41, 5.74) is 6.60. The smallest absolute Gasteiger partial charge is 0.119 e. The number of ether oxygens (including phenoxy) is 1. The number of benzene rings is 2. The minimum atomic E-state index is 0.410. The molecule has 1 N–H and O–H groups in total. The molecule has 2 unspecified atom stereocenters. The van der Waals surface area contributed by atoms with E-state index in [0.717, 1.165) is 64.3 Å². The number of H-pyrrole nitrogens is 1. The van der Waals surface area contributed by atoms with Gasteiger partial charge in [0.05, 0.1) is 16.7 Å². The van der Waals surface area contributed by atoms with E-state index >= 15 is 0 Å². The summed E-state index contributed by atoms with van der Waals surface area (Å²) in [6.45, 7) is 9.77. The lowest BCUT2D eigenvalue weighted by Crippen LogP contribution is -2.35. The Kier molecular flexibility index (Phi) is 7.40. The summed E-state index contributed by atoms with van der Waals surface area (Å²) in [7, 11) is 0. The third kappa shape index (κ3) is 5.18. The molecule has 1 aliphatic rings. The molecule has 0 bridgehead atoms. The highest BCUT2D eigenvalue weighted by atomic mass is 35.5. The van der Waals surface area contributed by atoms with E-state index in [0.29, 0.717) is 17.7 Å². The molecular weight excluding hydrogens is 468 g/mol. The second-order valence-electron chi connectivity index (χ2n) is 9.81. The number of nitrogens with one attached hydrogen (secondary N) is 1. The summed E-state index contributed by atoms with van der Waals surface area (Å²) < 4.78 is 6.19. The van der Waals surface area contributed by atoms with Crippen LogP contribution in [-0.2, 0) is 0 Å². The minimum absolute atomic E-state index is 0.410. The van der Waals surface area contributed by atoms with Crippen LogP contribution in [0.3, 0.4) is 0 Å². The molecule has 0 radical (unpaired) electrons. The molecule has 0 amide bonds. The van der Waals surface area contributed by atoms with Crippen molar-refractivity contribution in [3.8, 4) is 5.75 Å². The SMILES string of the molecule is CCC(=C(c1ccc(OCC(C)N2CCC(C)C2)cc1)c1ccc2[nH]ncc2c1)c1ccncc1Cl. The van der Waals surface area contributed by atoms with Crippen LogP contribution in [0, 0.1) is 5.92 Å². The number of likely N-dealkylation sites (tertiary alicyclic amines) is 1. The van der Waals surface area contributed by atoms with Crippen molar-refractivity contribution >= 4 is 33.7 Å². The van der Waals surface area contributed by atoms with Crippen molar-refractivity contribution in [3.63, 3.8) is 0 Å². The lowest BCUT2D eigenvalue weighted by molar-refractivity contribution is 0.169. The van der Waals surface area contributed by atoms with Crippen LogP contribution in [0.4, 0.5) is 0 Å². The summed E-state index contributed by atoms with van der Waals surface area (Å²) >= 11 is 6.62. The lowest BCUT2D eigenvalue weighted by atomic mass is 9.88. The fourth-order valence-corrected chi connectivity index (χ4v) is 5.38. The van der Waals surface area contributed by atoms with E-state index in [-0.39, 0.29) is 0 Å². The second-order valence-corrected chi connectivity index (χ2v) is 10.2. The van der Waals surface area contributed by atoms with Gasteiger partial charge in [0.1, 0.15) is 12.4 Å². The van der Waals surface area contributed by atoms with E-state index in [4.69, 9.17) is 16.3 Å². The Balaban J connectivity index is 1.48. The van der Waals surface area contributed by atoms with Crippen LogP contribution >= 0.6 is 11.6 Å². The molecule has 3 heterocycles. The van der Waals surface area contributed by atoms with E-state index in [9.17, 15) is 0 Å². The number of aromatic amines is 1. The van der Waals surface area contributed by atoms with Crippen molar-refractivity contribution < 1.29 is 4.74 Å². The molecule has 5 rings (SSSR count). The molecule has 0 aliphatic carbocycles. The van der Waals surface area contributed by atoms with Gasteiger partial charge in [-0.3, -0.25) is 15.0 Å². The predicted molar refractivity (Wildman–Crippen MR) is 148 cm³/mol. The molecular formula is C30H33ClN4O. The Hall–Kier alpha value is -3.15. The van der Waals surface area contributed by atoms with Gasteiger partial charge >= 0.3 is 0 Å². The monoisotopic (exact) mass is 500 g/mol. The highest BCUT2D eigenvalue weighted by molar-refractivity contribution is 6.32. The average molecular weight is 501 g/mol.